The van der Waals surface area contributed by atoms with E-state index in [0.29, 0.717) is 16.7 Å². The average Bonchev–Trinajstić information content (AvgIpc) is 2.29. The fourth-order valence-corrected chi connectivity index (χ4v) is 1.56. The zero-order valence-electron chi connectivity index (χ0n) is 9.52. The fourth-order valence-electron chi connectivity index (χ4n) is 1.22. The molecule has 0 saturated heterocycles. The largest absolute Gasteiger partial charge is 0.397 e. The van der Waals surface area contributed by atoms with E-state index in [0.717, 1.165) is 6.42 Å². The van der Waals surface area contributed by atoms with Crippen LogP contribution in [0.3, 0.4) is 0 Å². The van der Waals surface area contributed by atoms with Gasteiger partial charge in [-0.15, -0.1) is 0 Å². The molecule has 0 radical (unpaired) electrons. The third-order valence-electron chi connectivity index (χ3n) is 2.10. The highest BCUT2D eigenvalue weighted by Crippen LogP contribution is 2.26. The number of carbonyl (C=O) groups is 1. The number of nitrogens with two attached hydrogens (primary N) is 1. The Kier molecular flexibility index (Phi) is 5.21. The van der Waals surface area contributed by atoms with Crippen LogP contribution in [0, 0.1) is 5.82 Å². The maximum absolute atomic E-state index is 13.1. The van der Waals surface area contributed by atoms with Gasteiger partial charge in [0.15, 0.2) is 0 Å². The lowest BCUT2D eigenvalue weighted by atomic mass is 10.2. The van der Waals surface area contributed by atoms with Crippen molar-refractivity contribution >= 4 is 33.2 Å². The topological polar surface area (TPSA) is 67.2 Å². The van der Waals surface area contributed by atoms with Gasteiger partial charge in [0, 0.05) is 12.6 Å². The lowest BCUT2D eigenvalue weighted by molar-refractivity contribution is -0.119. The van der Waals surface area contributed by atoms with Gasteiger partial charge in [-0.2, -0.15) is 0 Å². The van der Waals surface area contributed by atoms with Crippen LogP contribution in [0.25, 0.3) is 0 Å². The van der Waals surface area contributed by atoms with E-state index in [1.54, 1.807) is 0 Å². The molecule has 0 heterocycles. The Labute approximate surface area is 108 Å². The first-order valence-corrected chi connectivity index (χ1v) is 6.09. The normalized spacial score (nSPS) is 10.1. The molecule has 0 aliphatic carbocycles. The van der Waals surface area contributed by atoms with Gasteiger partial charge < -0.3 is 16.4 Å². The molecule has 0 unspecified atom stereocenters. The first kappa shape index (κ1) is 13.8. The summed E-state index contributed by atoms with van der Waals surface area (Å²) in [6.07, 6.45) is 0.885. The molecule has 1 aromatic carbocycles. The van der Waals surface area contributed by atoms with Gasteiger partial charge in [0.1, 0.15) is 5.82 Å². The maximum atomic E-state index is 13.1. The fraction of sp³-hybridized carbons (Fsp3) is 0.364. The SMILES string of the molecule is CCCNC(=O)CNc1cc(Br)c(F)cc1N. The molecule has 0 saturated carbocycles. The standard InChI is InChI=1S/C11H15BrFN3O/c1-2-3-15-11(17)6-16-10-4-7(12)8(13)5-9(10)14/h4-5,16H,2-3,6,14H2,1H3,(H,15,17). The summed E-state index contributed by atoms with van der Waals surface area (Å²) >= 11 is 3.06. The van der Waals surface area contributed by atoms with E-state index in [-0.39, 0.29) is 18.1 Å². The number of nitrogens with one attached hydrogen (secondary N) is 2. The molecule has 94 valence electrons. The molecule has 0 spiro atoms. The van der Waals surface area contributed by atoms with Crippen molar-refractivity contribution in [1.29, 1.82) is 0 Å². The number of nitrogen functional groups attached to an aromatic ring is 1. The van der Waals surface area contributed by atoms with Gasteiger partial charge in [0.2, 0.25) is 5.91 Å². The van der Waals surface area contributed by atoms with Gasteiger partial charge in [0.05, 0.1) is 22.4 Å². The lowest BCUT2D eigenvalue weighted by Crippen LogP contribution is -2.30. The highest BCUT2D eigenvalue weighted by Gasteiger charge is 2.07. The van der Waals surface area contributed by atoms with Crippen molar-refractivity contribution in [1.82, 2.24) is 5.32 Å². The number of carbonyl (C=O) groups excluding carboxylic acids is 1. The molecular formula is C11H15BrFN3O. The third kappa shape index (κ3) is 4.22. The van der Waals surface area contributed by atoms with Crippen LogP contribution in [-0.2, 0) is 4.79 Å². The van der Waals surface area contributed by atoms with E-state index in [4.69, 9.17) is 5.73 Å². The van der Waals surface area contributed by atoms with Crippen LogP contribution in [0.1, 0.15) is 13.3 Å². The Morgan fingerprint density at radius 1 is 1.53 bits per heavy atom. The molecule has 1 aromatic rings. The Morgan fingerprint density at radius 3 is 2.88 bits per heavy atom. The molecule has 0 bridgehead atoms. The molecule has 1 rings (SSSR count). The van der Waals surface area contributed by atoms with Gasteiger partial charge >= 0.3 is 0 Å². The van der Waals surface area contributed by atoms with Crippen molar-refractivity contribution in [2.75, 3.05) is 24.1 Å². The smallest absolute Gasteiger partial charge is 0.239 e. The van der Waals surface area contributed by atoms with Gasteiger partial charge in [-0.1, -0.05) is 6.92 Å². The molecule has 4 nitrogen and oxygen atoms in total. The number of amides is 1. The van der Waals surface area contributed by atoms with Crippen LogP contribution in [0.5, 0.6) is 0 Å². The minimum Gasteiger partial charge on any atom is -0.397 e. The highest BCUT2D eigenvalue weighted by atomic mass is 79.9. The van der Waals surface area contributed by atoms with E-state index in [9.17, 15) is 9.18 Å². The molecule has 0 aromatic heterocycles. The van der Waals surface area contributed by atoms with Crippen LogP contribution in [0.4, 0.5) is 15.8 Å². The van der Waals surface area contributed by atoms with E-state index in [1.165, 1.54) is 12.1 Å². The second-order valence-electron chi connectivity index (χ2n) is 3.56. The Bertz CT molecular complexity index is 412. The predicted molar refractivity (Wildman–Crippen MR) is 70.3 cm³/mol. The van der Waals surface area contributed by atoms with Crippen LogP contribution in [0.15, 0.2) is 16.6 Å². The van der Waals surface area contributed by atoms with Gasteiger partial charge in [-0.3, -0.25) is 4.79 Å². The van der Waals surface area contributed by atoms with Crippen molar-refractivity contribution in [3.8, 4) is 0 Å². The molecular weight excluding hydrogens is 289 g/mol. The minimum absolute atomic E-state index is 0.113. The van der Waals surface area contributed by atoms with Crippen molar-refractivity contribution in [2.45, 2.75) is 13.3 Å². The van der Waals surface area contributed by atoms with Gasteiger partial charge in [0.25, 0.3) is 0 Å². The first-order valence-electron chi connectivity index (χ1n) is 5.29. The lowest BCUT2D eigenvalue weighted by Gasteiger charge is -2.10. The highest BCUT2D eigenvalue weighted by molar-refractivity contribution is 9.10. The molecule has 0 fully saturated rings. The summed E-state index contributed by atoms with van der Waals surface area (Å²) in [6, 6.07) is 2.72. The van der Waals surface area contributed by atoms with Gasteiger partial charge in [-0.05, 0) is 28.4 Å². The molecule has 1 amide bonds. The minimum atomic E-state index is -0.427. The van der Waals surface area contributed by atoms with Crippen LogP contribution >= 0.6 is 15.9 Å². The van der Waals surface area contributed by atoms with Crippen molar-refractivity contribution in [3.05, 3.63) is 22.4 Å². The van der Waals surface area contributed by atoms with Crippen LogP contribution in [0.2, 0.25) is 0 Å². The zero-order chi connectivity index (χ0) is 12.8. The summed E-state index contributed by atoms with van der Waals surface area (Å²) < 4.78 is 13.4. The van der Waals surface area contributed by atoms with Crippen molar-refractivity contribution in [3.63, 3.8) is 0 Å². The van der Waals surface area contributed by atoms with Crippen molar-refractivity contribution < 1.29 is 9.18 Å². The van der Waals surface area contributed by atoms with Gasteiger partial charge in [-0.25, -0.2) is 4.39 Å². The number of halogens is 2. The van der Waals surface area contributed by atoms with E-state index in [1.807, 2.05) is 6.92 Å². The van der Waals surface area contributed by atoms with E-state index >= 15 is 0 Å². The summed E-state index contributed by atoms with van der Waals surface area (Å²) in [6.45, 7) is 2.73. The predicted octanol–water partition coefficient (Wildman–Crippen LogP) is 2.11. The maximum Gasteiger partial charge on any atom is 0.239 e. The summed E-state index contributed by atoms with van der Waals surface area (Å²) in [5, 5.41) is 5.58. The first-order chi connectivity index (χ1) is 8.04. The third-order valence-corrected chi connectivity index (χ3v) is 2.71. The summed E-state index contributed by atoms with van der Waals surface area (Å²) in [7, 11) is 0. The molecule has 6 heteroatoms. The second kappa shape index (κ2) is 6.44. The average molecular weight is 304 g/mol. The van der Waals surface area contributed by atoms with Crippen molar-refractivity contribution in [2.24, 2.45) is 0 Å². The number of benzene rings is 1. The Hall–Kier alpha value is -1.30. The van der Waals surface area contributed by atoms with Crippen LogP contribution < -0.4 is 16.4 Å². The molecule has 0 aliphatic heterocycles. The van der Waals surface area contributed by atoms with Crippen LogP contribution in [-0.4, -0.2) is 19.0 Å². The number of rotatable bonds is 5. The monoisotopic (exact) mass is 303 g/mol. The second-order valence-corrected chi connectivity index (χ2v) is 4.41. The quantitative estimate of drug-likeness (QED) is 0.730. The summed E-state index contributed by atoms with van der Waals surface area (Å²) in [5.74, 6) is -0.546. The number of hydrogen-bond acceptors (Lipinski definition) is 3. The summed E-state index contributed by atoms with van der Waals surface area (Å²) in [5.41, 5.74) is 6.43. The van der Waals surface area contributed by atoms with E-state index in [2.05, 4.69) is 26.6 Å². The molecule has 0 atom stereocenters. The Morgan fingerprint density at radius 2 is 2.24 bits per heavy atom. The summed E-state index contributed by atoms with van der Waals surface area (Å²) in [4.78, 5) is 11.3. The number of hydrogen-bond donors (Lipinski definition) is 3. The number of anilines is 2. The Balaban J connectivity index is 2.57. The molecule has 4 N–H and O–H groups in total. The zero-order valence-corrected chi connectivity index (χ0v) is 11.1. The molecule has 17 heavy (non-hydrogen) atoms. The van der Waals surface area contributed by atoms with E-state index < -0.39 is 5.82 Å². The molecule has 0 aliphatic rings.